The van der Waals surface area contributed by atoms with Gasteiger partial charge in [-0.1, -0.05) is 26.0 Å². The quantitative estimate of drug-likeness (QED) is 0.705. The molecular weight excluding hydrogens is 190 g/mol. The minimum atomic E-state index is -0.274. The molecule has 0 fully saturated rings. The van der Waals surface area contributed by atoms with Gasteiger partial charge in [-0.25, -0.2) is 0 Å². The summed E-state index contributed by atoms with van der Waals surface area (Å²) >= 11 is 0. The van der Waals surface area contributed by atoms with Crippen LogP contribution in [0.4, 0.5) is 0 Å². The van der Waals surface area contributed by atoms with Gasteiger partial charge in [0.15, 0.2) is 0 Å². The summed E-state index contributed by atoms with van der Waals surface area (Å²) in [6.07, 6.45) is 0.315. The van der Waals surface area contributed by atoms with Gasteiger partial charge in [0.05, 0.1) is 6.42 Å². The summed E-state index contributed by atoms with van der Waals surface area (Å²) in [6.45, 7) is 4.12. The van der Waals surface area contributed by atoms with Crippen LogP contribution in [0.1, 0.15) is 41.3 Å². The molecule has 2 rings (SSSR count). The van der Waals surface area contributed by atoms with Crippen molar-refractivity contribution >= 4 is 11.8 Å². The van der Waals surface area contributed by atoms with E-state index in [4.69, 9.17) is 0 Å². The van der Waals surface area contributed by atoms with Crippen molar-refractivity contribution in [1.29, 1.82) is 0 Å². The highest BCUT2D eigenvalue weighted by Gasteiger charge is 2.24. The van der Waals surface area contributed by atoms with E-state index in [-0.39, 0.29) is 11.8 Å². The molecule has 0 saturated carbocycles. The van der Waals surface area contributed by atoms with E-state index in [1.54, 1.807) is 6.07 Å². The first-order chi connectivity index (χ1) is 7.09. The van der Waals surface area contributed by atoms with Crippen LogP contribution in [0.15, 0.2) is 18.2 Å². The number of benzene rings is 1. The number of hydrogen-bond donors (Lipinski definition) is 1. The SMILES string of the molecule is CC(C)c1cccc2c1CC(=O)NC2=O. The van der Waals surface area contributed by atoms with Crippen molar-refractivity contribution in [3.63, 3.8) is 0 Å². The molecule has 0 unspecified atom stereocenters. The smallest absolute Gasteiger partial charge is 0.258 e. The maximum absolute atomic E-state index is 11.5. The Labute approximate surface area is 88.5 Å². The van der Waals surface area contributed by atoms with Gasteiger partial charge >= 0.3 is 0 Å². The Balaban J connectivity index is 2.59. The number of fused-ring (bicyclic) bond motifs is 1. The molecule has 0 atom stereocenters. The van der Waals surface area contributed by atoms with E-state index in [9.17, 15) is 9.59 Å². The van der Waals surface area contributed by atoms with E-state index in [0.717, 1.165) is 11.1 Å². The lowest BCUT2D eigenvalue weighted by atomic mass is 9.89. The molecule has 1 aromatic rings. The van der Waals surface area contributed by atoms with Gasteiger partial charge in [-0.15, -0.1) is 0 Å². The first-order valence-electron chi connectivity index (χ1n) is 5.05. The second-order valence-corrected chi connectivity index (χ2v) is 4.08. The fourth-order valence-corrected chi connectivity index (χ4v) is 1.95. The van der Waals surface area contributed by atoms with Gasteiger partial charge in [0.2, 0.25) is 5.91 Å². The Morgan fingerprint density at radius 1 is 1.27 bits per heavy atom. The van der Waals surface area contributed by atoms with Crippen molar-refractivity contribution in [1.82, 2.24) is 5.32 Å². The van der Waals surface area contributed by atoms with Crippen LogP contribution >= 0.6 is 0 Å². The Kier molecular flexibility index (Phi) is 2.31. The standard InChI is InChI=1S/C12H13NO2/c1-7(2)8-4-3-5-9-10(8)6-11(14)13-12(9)15/h3-5,7H,6H2,1-2H3,(H,13,14,15). The molecule has 2 amide bonds. The van der Waals surface area contributed by atoms with Crippen molar-refractivity contribution in [3.05, 3.63) is 34.9 Å². The van der Waals surface area contributed by atoms with Gasteiger partial charge in [0.1, 0.15) is 0 Å². The highest BCUT2D eigenvalue weighted by molar-refractivity contribution is 6.10. The second-order valence-electron chi connectivity index (χ2n) is 4.08. The highest BCUT2D eigenvalue weighted by atomic mass is 16.2. The minimum absolute atomic E-state index is 0.208. The van der Waals surface area contributed by atoms with Crippen molar-refractivity contribution in [2.24, 2.45) is 0 Å². The van der Waals surface area contributed by atoms with Crippen LogP contribution in [-0.2, 0) is 11.2 Å². The van der Waals surface area contributed by atoms with E-state index >= 15 is 0 Å². The number of imide groups is 1. The first kappa shape index (κ1) is 9.90. The molecule has 1 heterocycles. The molecule has 0 radical (unpaired) electrons. The Morgan fingerprint density at radius 2 is 2.00 bits per heavy atom. The summed E-state index contributed by atoms with van der Waals surface area (Å²) in [5.74, 6) is -0.150. The number of rotatable bonds is 1. The predicted molar refractivity (Wildman–Crippen MR) is 56.7 cm³/mol. The third kappa shape index (κ3) is 1.65. The van der Waals surface area contributed by atoms with Crippen LogP contribution in [0, 0.1) is 0 Å². The number of carbonyl (C=O) groups is 2. The maximum Gasteiger partial charge on any atom is 0.258 e. The normalized spacial score (nSPS) is 15.1. The Hall–Kier alpha value is -1.64. The molecule has 0 aromatic heterocycles. The second kappa shape index (κ2) is 3.50. The summed E-state index contributed by atoms with van der Waals surface area (Å²) in [5.41, 5.74) is 2.62. The lowest BCUT2D eigenvalue weighted by Crippen LogP contribution is -2.37. The fourth-order valence-electron chi connectivity index (χ4n) is 1.95. The Bertz CT molecular complexity index is 435. The summed E-state index contributed by atoms with van der Waals surface area (Å²) in [7, 11) is 0. The molecule has 1 aliphatic rings. The number of nitrogens with one attached hydrogen (secondary N) is 1. The van der Waals surface area contributed by atoms with Crippen LogP contribution in [0.25, 0.3) is 0 Å². The number of carbonyl (C=O) groups excluding carboxylic acids is 2. The van der Waals surface area contributed by atoms with Crippen LogP contribution < -0.4 is 5.32 Å². The molecule has 0 aliphatic carbocycles. The highest BCUT2D eigenvalue weighted by Crippen LogP contribution is 2.25. The van der Waals surface area contributed by atoms with Gasteiger partial charge < -0.3 is 0 Å². The molecule has 3 nitrogen and oxygen atoms in total. The molecule has 3 heteroatoms. The van der Waals surface area contributed by atoms with Gasteiger partial charge in [-0.2, -0.15) is 0 Å². The molecule has 0 saturated heterocycles. The number of hydrogen-bond acceptors (Lipinski definition) is 2. The van der Waals surface area contributed by atoms with Gasteiger partial charge in [0.25, 0.3) is 5.91 Å². The van der Waals surface area contributed by atoms with Crippen LogP contribution in [-0.4, -0.2) is 11.8 Å². The van der Waals surface area contributed by atoms with Crippen LogP contribution in [0.2, 0.25) is 0 Å². The predicted octanol–water partition coefficient (Wildman–Crippen LogP) is 1.62. The minimum Gasteiger partial charge on any atom is -0.292 e. The average Bonchev–Trinajstić information content (AvgIpc) is 2.16. The topological polar surface area (TPSA) is 46.2 Å². The molecule has 1 N–H and O–H groups in total. The molecule has 0 spiro atoms. The zero-order valence-electron chi connectivity index (χ0n) is 8.83. The van der Waals surface area contributed by atoms with E-state index in [0.29, 0.717) is 17.9 Å². The average molecular weight is 203 g/mol. The summed E-state index contributed by atoms with van der Waals surface area (Å²) < 4.78 is 0. The van der Waals surface area contributed by atoms with Crippen LogP contribution in [0.5, 0.6) is 0 Å². The lowest BCUT2D eigenvalue weighted by molar-refractivity contribution is -0.119. The molecule has 0 bridgehead atoms. The van der Waals surface area contributed by atoms with Crippen LogP contribution in [0.3, 0.4) is 0 Å². The largest absolute Gasteiger partial charge is 0.292 e. The maximum atomic E-state index is 11.5. The monoisotopic (exact) mass is 203 g/mol. The molecule has 1 aliphatic heterocycles. The molecule has 15 heavy (non-hydrogen) atoms. The van der Waals surface area contributed by atoms with Gasteiger partial charge in [-0.05, 0) is 23.1 Å². The van der Waals surface area contributed by atoms with E-state index in [2.05, 4.69) is 19.2 Å². The Morgan fingerprint density at radius 3 is 2.67 bits per heavy atom. The molecule has 78 valence electrons. The molecule has 1 aromatic carbocycles. The van der Waals surface area contributed by atoms with Crippen molar-refractivity contribution in [2.45, 2.75) is 26.2 Å². The van der Waals surface area contributed by atoms with E-state index < -0.39 is 0 Å². The van der Waals surface area contributed by atoms with E-state index in [1.165, 1.54) is 0 Å². The third-order valence-corrected chi connectivity index (χ3v) is 2.67. The van der Waals surface area contributed by atoms with Gasteiger partial charge in [-0.3, -0.25) is 14.9 Å². The van der Waals surface area contributed by atoms with E-state index in [1.807, 2.05) is 12.1 Å². The molecular formula is C12H13NO2. The zero-order chi connectivity index (χ0) is 11.0. The van der Waals surface area contributed by atoms with Crippen molar-refractivity contribution in [3.8, 4) is 0 Å². The number of amides is 2. The zero-order valence-corrected chi connectivity index (χ0v) is 8.83. The summed E-state index contributed by atoms with van der Waals surface area (Å²) in [4.78, 5) is 22.8. The third-order valence-electron chi connectivity index (χ3n) is 2.67. The first-order valence-corrected chi connectivity index (χ1v) is 5.05. The summed E-state index contributed by atoms with van der Waals surface area (Å²) in [6, 6.07) is 5.61. The fraction of sp³-hybridized carbons (Fsp3) is 0.333. The lowest BCUT2D eigenvalue weighted by Gasteiger charge is -2.20. The van der Waals surface area contributed by atoms with Crippen molar-refractivity contribution in [2.75, 3.05) is 0 Å². The van der Waals surface area contributed by atoms with Gasteiger partial charge in [0, 0.05) is 5.56 Å². The van der Waals surface area contributed by atoms with Crippen molar-refractivity contribution < 1.29 is 9.59 Å². The summed E-state index contributed by atoms with van der Waals surface area (Å²) in [5, 5.41) is 2.32.